The van der Waals surface area contributed by atoms with Crippen LogP contribution in [0.25, 0.3) is 0 Å². The topological polar surface area (TPSA) is 97.5 Å². The highest BCUT2D eigenvalue weighted by Crippen LogP contribution is 2.28. The first-order valence-corrected chi connectivity index (χ1v) is 9.68. The lowest BCUT2D eigenvalue weighted by molar-refractivity contribution is 0.205. The zero-order valence-electron chi connectivity index (χ0n) is 10.9. The van der Waals surface area contributed by atoms with Crippen LogP contribution in [-0.2, 0) is 19.9 Å². The van der Waals surface area contributed by atoms with Gasteiger partial charge in [0, 0.05) is 19.3 Å². The number of hydrogen-bond acceptors (Lipinski definition) is 5. The summed E-state index contributed by atoms with van der Waals surface area (Å²) in [5.41, 5.74) is 5.66. The summed E-state index contributed by atoms with van der Waals surface area (Å²) in [4.78, 5) is 0. The zero-order valence-corrected chi connectivity index (χ0v) is 12.5. The summed E-state index contributed by atoms with van der Waals surface area (Å²) >= 11 is 0. The van der Waals surface area contributed by atoms with E-state index in [1.807, 2.05) is 0 Å². The molecule has 2 unspecified atom stereocenters. The standard InChI is InChI=1S/C10H22N2O4S2/c1-12(18(15,16)8-17(2,13)14)10-6-4-3-5-9(10)7-11/h9-10H,3-8,11H2,1-2H3. The molecule has 0 aromatic carbocycles. The van der Waals surface area contributed by atoms with E-state index in [1.54, 1.807) is 0 Å². The monoisotopic (exact) mass is 298 g/mol. The molecule has 0 bridgehead atoms. The molecule has 6 nitrogen and oxygen atoms in total. The van der Waals surface area contributed by atoms with E-state index < -0.39 is 24.9 Å². The Labute approximate surface area is 110 Å². The van der Waals surface area contributed by atoms with Crippen molar-refractivity contribution >= 4 is 19.9 Å². The first-order chi connectivity index (χ1) is 8.17. The predicted molar refractivity (Wildman–Crippen MR) is 71.2 cm³/mol. The van der Waals surface area contributed by atoms with Crippen molar-refractivity contribution in [3.63, 3.8) is 0 Å². The molecule has 108 valence electrons. The minimum atomic E-state index is -3.77. The Morgan fingerprint density at radius 2 is 1.72 bits per heavy atom. The van der Waals surface area contributed by atoms with Gasteiger partial charge in [-0.1, -0.05) is 12.8 Å². The highest BCUT2D eigenvalue weighted by molar-refractivity contribution is 8.06. The van der Waals surface area contributed by atoms with E-state index in [0.29, 0.717) is 6.54 Å². The lowest BCUT2D eigenvalue weighted by Crippen LogP contribution is -2.47. The van der Waals surface area contributed by atoms with Crippen molar-refractivity contribution in [2.75, 3.05) is 24.9 Å². The Balaban J connectivity index is 2.87. The van der Waals surface area contributed by atoms with Crippen LogP contribution in [0.5, 0.6) is 0 Å². The molecule has 1 aliphatic rings. The lowest BCUT2D eigenvalue weighted by atomic mass is 9.85. The van der Waals surface area contributed by atoms with Crippen LogP contribution in [-0.4, -0.2) is 52.1 Å². The molecule has 0 aliphatic heterocycles. The summed E-state index contributed by atoms with van der Waals surface area (Å²) in [6.07, 6.45) is 4.60. The fourth-order valence-corrected chi connectivity index (χ4v) is 6.02. The Bertz CT molecular complexity index is 472. The maximum Gasteiger partial charge on any atom is 0.228 e. The van der Waals surface area contributed by atoms with Crippen LogP contribution in [0.15, 0.2) is 0 Å². The summed E-state index contributed by atoms with van der Waals surface area (Å²) in [7, 11) is -5.86. The van der Waals surface area contributed by atoms with Crippen molar-refractivity contribution in [3.8, 4) is 0 Å². The van der Waals surface area contributed by atoms with Crippen LogP contribution in [0.2, 0.25) is 0 Å². The van der Waals surface area contributed by atoms with Crippen molar-refractivity contribution in [2.45, 2.75) is 31.7 Å². The molecule has 0 amide bonds. The highest BCUT2D eigenvalue weighted by Gasteiger charge is 2.34. The maximum absolute atomic E-state index is 12.0. The molecule has 1 rings (SSSR count). The number of hydrogen-bond donors (Lipinski definition) is 1. The maximum atomic E-state index is 12.0. The second-order valence-electron chi connectivity index (χ2n) is 5.02. The van der Waals surface area contributed by atoms with Crippen LogP contribution in [0.1, 0.15) is 25.7 Å². The summed E-state index contributed by atoms with van der Waals surface area (Å²) in [5.74, 6) is 0.123. The predicted octanol–water partition coefficient (Wildman–Crippen LogP) is -0.232. The van der Waals surface area contributed by atoms with Crippen molar-refractivity contribution in [3.05, 3.63) is 0 Å². The van der Waals surface area contributed by atoms with Gasteiger partial charge in [0.15, 0.2) is 14.9 Å². The van der Waals surface area contributed by atoms with Gasteiger partial charge in [0.2, 0.25) is 10.0 Å². The molecule has 1 aliphatic carbocycles. The Morgan fingerprint density at radius 1 is 1.17 bits per heavy atom. The van der Waals surface area contributed by atoms with E-state index in [1.165, 1.54) is 11.4 Å². The molecule has 0 aromatic rings. The smallest absolute Gasteiger partial charge is 0.228 e. The zero-order chi connectivity index (χ0) is 14.0. The van der Waals surface area contributed by atoms with Gasteiger partial charge in [-0.05, 0) is 25.3 Å². The fraction of sp³-hybridized carbons (Fsp3) is 1.00. The average molecular weight is 298 g/mol. The molecule has 1 fully saturated rings. The fourth-order valence-electron chi connectivity index (χ4n) is 2.50. The molecule has 0 heterocycles. The Hall–Kier alpha value is -0.180. The number of rotatable bonds is 5. The molecule has 2 atom stereocenters. The molecule has 0 spiro atoms. The summed E-state index contributed by atoms with van der Waals surface area (Å²) < 4.78 is 47.5. The second kappa shape index (κ2) is 5.85. The van der Waals surface area contributed by atoms with E-state index >= 15 is 0 Å². The Morgan fingerprint density at radius 3 is 2.22 bits per heavy atom. The third-order valence-corrected chi connectivity index (χ3v) is 7.49. The molecule has 2 N–H and O–H groups in total. The van der Waals surface area contributed by atoms with E-state index in [4.69, 9.17) is 5.73 Å². The van der Waals surface area contributed by atoms with Gasteiger partial charge in [0.25, 0.3) is 0 Å². The quantitative estimate of drug-likeness (QED) is 0.756. The number of sulfone groups is 1. The normalized spacial score (nSPS) is 26.4. The largest absolute Gasteiger partial charge is 0.330 e. The third-order valence-electron chi connectivity index (χ3n) is 3.44. The number of sulfonamides is 1. The molecular weight excluding hydrogens is 276 g/mol. The van der Waals surface area contributed by atoms with Gasteiger partial charge in [-0.2, -0.15) is 0 Å². The second-order valence-corrected chi connectivity index (χ2v) is 9.55. The average Bonchev–Trinajstić information content (AvgIpc) is 2.24. The summed E-state index contributed by atoms with van der Waals surface area (Å²) in [6.45, 7) is 0.434. The lowest BCUT2D eigenvalue weighted by Gasteiger charge is -2.36. The van der Waals surface area contributed by atoms with Crippen LogP contribution in [0.4, 0.5) is 0 Å². The van der Waals surface area contributed by atoms with Gasteiger partial charge in [-0.15, -0.1) is 0 Å². The first-order valence-electron chi connectivity index (χ1n) is 6.01. The Kier molecular flexibility index (Phi) is 5.16. The molecule has 0 saturated heterocycles. The molecule has 18 heavy (non-hydrogen) atoms. The van der Waals surface area contributed by atoms with E-state index in [-0.39, 0.29) is 12.0 Å². The van der Waals surface area contributed by atoms with Gasteiger partial charge >= 0.3 is 0 Å². The van der Waals surface area contributed by atoms with Crippen molar-refractivity contribution in [2.24, 2.45) is 11.7 Å². The molecule has 0 aromatic heterocycles. The minimum absolute atomic E-state index is 0.123. The minimum Gasteiger partial charge on any atom is -0.330 e. The summed E-state index contributed by atoms with van der Waals surface area (Å²) in [6, 6.07) is -0.171. The molecule has 0 radical (unpaired) electrons. The van der Waals surface area contributed by atoms with Gasteiger partial charge in [-0.25, -0.2) is 21.1 Å². The van der Waals surface area contributed by atoms with E-state index in [0.717, 1.165) is 31.9 Å². The van der Waals surface area contributed by atoms with Gasteiger partial charge < -0.3 is 5.73 Å². The SMILES string of the molecule is CN(C1CCCCC1CN)S(=O)(=O)CS(C)(=O)=O. The van der Waals surface area contributed by atoms with E-state index in [2.05, 4.69) is 0 Å². The molecular formula is C10H22N2O4S2. The number of nitrogens with zero attached hydrogens (tertiary/aromatic N) is 1. The van der Waals surface area contributed by atoms with Crippen LogP contribution >= 0.6 is 0 Å². The molecule has 8 heteroatoms. The first kappa shape index (κ1) is 15.9. The molecule has 1 saturated carbocycles. The summed E-state index contributed by atoms with van der Waals surface area (Å²) in [5, 5.41) is -0.829. The van der Waals surface area contributed by atoms with Crippen molar-refractivity contribution < 1.29 is 16.8 Å². The van der Waals surface area contributed by atoms with Crippen LogP contribution < -0.4 is 5.73 Å². The van der Waals surface area contributed by atoms with Crippen LogP contribution in [0.3, 0.4) is 0 Å². The third kappa shape index (κ3) is 4.18. The van der Waals surface area contributed by atoms with Crippen molar-refractivity contribution in [1.29, 1.82) is 0 Å². The van der Waals surface area contributed by atoms with Gasteiger partial charge in [0.1, 0.15) is 0 Å². The van der Waals surface area contributed by atoms with Crippen LogP contribution in [0, 0.1) is 5.92 Å². The van der Waals surface area contributed by atoms with Crippen molar-refractivity contribution in [1.82, 2.24) is 4.31 Å². The van der Waals surface area contributed by atoms with Gasteiger partial charge in [-0.3, -0.25) is 0 Å². The van der Waals surface area contributed by atoms with Gasteiger partial charge in [0.05, 0.1) is 0 Å². The number of nitrogens with two attached hydrogens (primary N) is 1. The van der Waals surface area contributed by atoms with E-state index in [9.17, 15) is 16.8 Å². The highest BCUT2D eigenvalue weighted by atomic mass is 32.3.